The maximum absolute atomic E-state index is 6.54. The molecule has 0 unspecified atom stereocenters. The molecule has 3 aromatic heterocycles. The van der Waals surface area contributed by atoms with Crippen molar-refractivity contribution in [3.05, 3.63) is 188 Å². The molecular formula is C51H31N3OS. The zero-order valence-corrected chi connectivity index (χ0v) is 30.9. The fourth-order valence-corrected chi connectivity index (χ4v) is 9.06. The summed E-state index contributed by atoms with van der Waals surface area (Å²) in [6, 6.07) is 65.7. The van der Waals surface area contributed by atoms with E-state index in [0.29, 0.717) is 17.5 Å². The zero-order valence-electron chi connectivity index (χ0n) is 30.1. The maximum Gasteiger partial charge on any atom is 0.164 e. The van der Waals surface area contributed by atoms with Gasteiger partial charge in [0, 0.05) is 53.2 Å². The molecule has 0 amide bonds. The molecule has 0 N–H and O–H groups in total. The van der Waals surface area contributed by atoms with Crippen LogP contribution in [-0.4, -0.2) is 15.0 Å². The van der Waals surface area contributed by atoms with Gasteiger partial charge in [-0.15, -0.1) is 11.3 Å². The van der Waals surface area contributed by atoms with Crippen LogP contribution in [0.4, 0.5) is 0 Å². The van der Waals surface area contributed by atoms with E-state index in [2.05, 4.69) is 152 Å². The van der Waals surface area contributed by atoms with Gasteiger partial charge >= 0.3 is 0 Å². The van der Waals surface area contributed by atoms with Crippen molar-refractivity contribution in [2.24, 2.45) is 0 Å². The van der Waals surface area contributed by atoms with Crippen molar-refractivity contribution in [2.75, 3.05) is 0 Å². The summed E-state index contributed by atoms with van der Waals surface area (Å²) in [5.74, 6) is 1.83. The first-order valence-corrected chi connectivity index (χ1v) is 19.5. The lowest BCUT2D eigenvalue weighted by atomic mass is 9.93. The molecule has 0 bridgehead atoms. The first-order valence-electron chi connectivity index (χ1n) is 18.7. The Morgan fingerprint density at radius 2 is 0.911 bits per heavy atom. The number of aromatic nitrogens is 3. The van der Waals surface area contributed by atoms with Gasteiger partial charge in [-0.05, 0) is 64.2 Å². The van der Waals surface area contributed by atoms with E-state index in [9.17, 15) is 0 Å². The summed E-state index contributed by atoms with van der Waals surface area (Å²) in [5, 5.41) is 4.71. The standard InChI is InChI=1S/C51H31N3OS/c1-3-13-32(14-4-1)34-17-11-18-36(29-34)50-52-49(33-15-5-2-6-16-33)53-51(54-50)37-25-27-40-44-30-35(26-28-45(44)55-46(40)31-37)38-19-7-8-20-39(38)42-22-12-23-43-41-21-9-10-24-47(41)56-48(42)43/h1-31H. The van der Waals surface area contributed by atoms with Crippen molar-refractivity contribution < 1.29 is 4.42 Å². The minimum absolute atomic E-state index is 0.589. The smallest absolute Gasteiger partial charge is 0.164 e. The predicted octanol–water partition coefficient (Wildman–Crippen LogP) is 14.1. The average molecular weight is 734 g/mol. The molecule has 11 rings (SSSR count). The van der Waals surface area contributed by atoms with Gasteiger partial charge in [0.1, 0.15) is 11.2 Å². The van der Waals surface area contributed by atoms with E-state index < -0.39 is 0 Å². The first kappa shape index (κ1) is 32.2. The lowest BCUT2D eigenvalue weighted by molar-refractivity contribution is 0.669. The number of fused-ring (bicyclic) bond motifs is 6. The van der Waals surface area contributed by atoms with Crippen LogP contribution in [0.3, 0.4) is 0 Å². The number of furan rings is 1. The number of hydrogen-bond donors (Lipinski definition) is 0. The molecule has 0 atom stereocenters. The highest BCUT2D eigenvalue weighted by atomic mass is 32.1. The van der Waals surface area contributed by atoms with Crippen LogP contribution in [0.25, 0.3) is 110 Å². The SMILES string of the molecule is c1ccc(-c2cccc(-c3nc(-c4ccccc4)nc(-c4ccc5c(c4)oc4ccc(-c6ccccc6-c6cccc7c6sc6ccccc67)cc45)n3)c2)cc1. The number of nitrogens with zero attached hydrogens (tertiary/aromatic N) is 3. The second-order valence-corrected chi connectivity index (χ2v) is 15.0. The summed E-state index contributed by atoms with van der Waals surface area (Å²) in [6.45, 7) is 0. The highest BCUT2D eigenvalue weighted by Gasteiger charge is 2.18. The fourth-order valence-electron chi connectivity index (χ4n) is 7.83. The van der Waals surface area contributed by atoms with E-state index in [1.165, 1.54) is 36.9 Å². The van der Waals surface area contributed by atoms with Crippen molar-refractivity contribution in [3.63, 3.8) is 0 Å². The Labute approximate surface area is 327 Å². The van der Waals surface area contributed by atoms with Crippen LogP contribution in [-0.2, 0) is 0 Å². The van der Waals surface area contributed by atoms with Gasteiger partial charge in [0.2, 0.25) is 0 Å². The molecule has 0 radical (unpaired) electrons. The third kappa shape index (κ3) is 5.56. The Kier molecular flexibility index (Phi) is 7.64. The Balaban J connectivity index is 1.01. The lowest BCUT2D eigenvalue weighted by Gasteiger charge is -2.11. The summed E-state index contributed by atoms with van der Waals surface area (Å²) in [4.78, 5) is 15.0. The van der Waals surface area contributed by atoms with Crippen LogP contribution < -0.4 is 0 Å². The molecular weight excluding hydrogens is 703 g/mol. The summed E-state index contributed by atoms with van der Waals surface area (Å²) < 4.78 is 9.15. The molecule has 4 nitrogen and oxygen atoms in total. The van der Waals surface area contributed by atoms with E-state index in [1.807, 2.05) is 47.7 Å². The number of thiophene rings is 1. The van der Waals surface area contributed by atoms with Gasteiger partial charge < -0.3 is 4.42 Å². The van der Waals surface area contributed by atoms with Crippen LogP contribution >= 0.6 is 11.3 Å². The van der Waals surface area contributed by atoms with E-state index in [-0.39, 0.29) is 0 Å². The summed E-state index contributed by atoms with van der Waals surface area (Å²) in [6.07, 6.45) is 0. The van der Waals surface area contributed by atoms with Crippen molar-refractivity contribution in [1.82, 2.24) is 15.0 Å². The van der Waals surface area contributed by atoms with E-state index in [4.69, 9.17) is 19.4 Å². The van der Waals surface area contributed by atoms with Crippen LogP contribution in [0.1, 0.15) is 0 Å². The van der Waals surface area contributed by atoms with Gasteiger partial charge in [-0.2, -0.15) is 0 Å². The number of rotatable bonds is 6. The molecule has 0 saturated carbocycles. The van der Waals surface area contributed by atoms with Crippen LogP contribution in [0.5, 0.6) is 0 Å². The Bertz CT molecular complexity index is 3260. The van der Waals surface area contributed by atoms with Gasteiger partial charge in [-0.3, -0.25) is 0 Å². The highest BCUT2D eigenvalue weighted by molar-refractivity contribution is 7.26. The van der Waals surface area contributed by atoms with E-state index in [1.54, 1.807) is 0 Å². The van der Waals surface area contributed by atoms with E-state index >= 15 is 0 Å². The summed E-state index contributed by atoms with van der Waals surface area (Å²) >= 11 is 1.86. The molecule has 0 fully saturated rings. The van der Waals surface area contributed by atoms with Crippen molar-refractivity contribution in [3.8, 4) is 67.5 Å². The van der Waals surface area contributed by atoms with Gasteiger partial charge in [-0.1, -0.05) is 152 Å². The second-order valence-electron chi connectivity index (χ2n) is 14.0. The minimum atomic E-state index is 0.589. The predicted molar refractivity (Wildman–Crippen MR) is 233 cm³/mol. The highest BCUT2D eigenvalue weighted by Crippen LogP contribution is 2.43. The van der Waals surface area contributed by atoms with Crippen molar-refractivity contribution in [1.29, 1.82) is 0 Å². The van der Waals surface area contributed by atoms with Gasteiger partial charge in [0.15, 0.2) is 17.5 Å². The van der Waals surface area contributed by atoms with Gasteiger partial charge in [0.25, 0.3) is 0 Å². The molecule has 0 aliphatic heterocycles. The number of benzene rings is 8. The molecule has 11 aromatic rings. The molecule has 3 heterocycles. The first-order chi connectivity index (χ1) is 27.7. The Morgan fingerprint density at radius 1 is 0.321 bits per heavy atom. The Hall–Kier alpha value is -7.21. The summed E-state index contributed by atoms with van der Waals surface area (Å²) in [5.41, 5.74) is 11.4. The maximum atomic E-state index is 6.54. The van der Waals surface area contributed by atoms with Crippen LogP contribution in [0.15, 0.2) is 192 Å². The third-order valence-corrected chi connectivity index (χ3v) is 11.8. The minimum Gasteiger partial charge on any atom is -0.456 e. The van der Waals surface area contributed by atoms with Crippen LogP contribution in [0.2, 0.25) is 0 Å². The fraction of sp³-hybridized carbons (Fsp3) is 0. The second kappa shape index (κ2) is 13.3. The zero-order chi connectivity index (χ0) is 37.0. The number of hydrogen-bond acceptors (Lipinski definition) is 5. The van der Waals surface area contributed by atoms with Crippen molar-refractivity contribution >= 4 is 53.4 Å². The molecule has 56 heavy (non-hydrogen) atoms. The van der Waals surface area contributed by atoms with Crippen molar-refractivity contribution in [2.45, 2.75) is 0 Å². The largest absolute Gasteiger partial charge is 0.456 e. The molecule has 0 aliphatic rings. The normalized spacial score (nSPS) is 11.6. The average Bonchev–Trinajstić information content (AvgIpc) is 3.85. The topological polar surface area (TPSA) is 51.8 Å². The molecule has 8 aromatic carbocycles. The molecule has 5 heteroatoms. The quantitative estimate of drug-likeness (QED) is 0.171. The Morgan fingerprint density at radius 3 is 1.73 bits per heavy atom. The van der Waals surface area contributed by atoms with Crippen LogP contribution in [0, 0.1) is 0 Å². The molecule has 0 aliphatic carbocycles. The third-order valence-electron chi connectivity index (χ3n) is 10.6. The monoisotopic (exact) mass is 733 g/mol. The van der Waals surface area contributed by atoms with E-state index in [0.717, 1.165) is 55.3 Å². The molecule has 262 valence electrons. The lowest BCUT2D eigenvalue weighted by Crippen LogP contribution is -2.00. The molecule has 0 spiro atoms. The molecule has 0 saturated heterocycles. The van der Waals surface area contributed by atoms with Gasteiger partial charge in [0.05, 0.1) is 0 Å². The van der Waals surface area contributed by atoms with Gasteiger partial charge in [-0.25, -0.2) is 15.0 Å². The summed E-state index contributed by atoms with van der Waals surface area (Å²) in [7, 11) is 0.